The van der Waals surface area contributed by atoms with Crippen molar-refractivity contribution in [2.45, 2.75) is 47.1 Å². The Bertz CT molecular complexity index is 1210. The van der Waals surface area contributed by atoms with E-state index in [1.165, 1.54) is 5.01 Å². The molecule has 0 saturated heterocycles. The third-order valence-electron chi connectivity index (χ3n) is 6.12. The zero-order valence-corrected chi connectivity index (χ0v) is 21.2. The van der Waals surface area contributed by atoms with E-state index < -0.39 is 0 Å². The first kappa shape index (κ1) is 24.3. The molecule has 0 fully saturated rings. The van der Waals surface area contributed by atoms with Crippen molar-refractivity contribution >= 4 is 17.9 Å². The van der Waals surface area contributed by atoms with Crippen LogP contribution in [0, 0.1) is 13.8 Å². The molecule has 0 radical (unpaired) electrons. The van der Waals surface area contributed by atoms with E-state index in [-0.39, 0.29) is 12.1 Å². The number of benzene rings is 2. The van der Waals surface area contributed by atoms with E-state index in [1.807, 2.05) is 71.0 Å². The first-order chi connectivity index (χ1) is 16.8. The van der Waals surface area contributed by atoms with E-state index in [1.54, 1.807) is 18.2 Å². The SMILES string of the molecule is CCOc1cc2c(cc1OCC)CC(C)N(C(=O)N(C)c1ccc(-c3c(C)noc3C)cc1)N=C2. The molecule has 184 valence electrons. The van der Waals surface area contributed by atoms with Gasteiger partial charge < -0.3 is 14.0 Å². The first-order valence-electron chi connectivity index (χ1n) is 11.9. The van der Waals surface area contributed by atoms with E-state index in [2.05, 4.69) is 10.3 Å². The molecule has 2 amide bonds. The maximum absolute atomic E-state index is 13.4. The smallest absolute Gasteiger partial charge is 0.344 e. The highest BCUT2D eigenvalue weighted by Gasteiger charge is 2.27. The molecule has 2 aromatic carbocycles. The lowest BCUT2D eigenvalue weighted by atomic mass is 10.0. The molecule has 4 rings (SSSR count). The zero-order valence-electron chi connectivity index (χ0n) is 21.2. The molecular weight excluding hydrogens is 444 g/mol. The summed E-state index contributed by atoms with van der Waals surface area (Å²) < 4.78 is 16.8. The molecule has 0 N–H and O–H groups in total. The molecule has 0 bridgehead atoms. The van der Waals surface area contributed by atoms with Crippen LogP contribution in [0.5, 0.6) is 11.5 Å². The van der Waals surface area contributed by atoms with Gasteiger partial charge in [0.25, 0.3) is 0 Å². The Morgan fingerprint density at radius 2 is 1.77 bits per heavy atom. The van der Waals surface area contributed by atoms with Crippen LogP contribution in [0.2, 0.25) is 0 Å². The fraction of sp³-hybridized carbons (Fsp3) is 0.370. The summed E-state index contributed by atoms with van der Waals surface area (Å²) in [6.07, 6.45) is 2.37. The summed E-state index contributed by atoms with van der Waals surface area (Å²) in [5.74, 6) is 2.17. The number of hydrogen-bond donors (Lipinski definition) is 0. The van der Waals surface area contributed by atoms with Gasteiger partial charge in [-0.25, -0.2) is 9.80 Å². The number of hydrazone groups is 1. The topological polar surface area (TPSA) is 80.4 Å². The second-order valence-corrected chi connectivity index (χ2v) is 8.59. The summed E-state index contributed by atoms with van der Waals surface area (Å²) in [5, 5.41) is 10.1. The molecule has 0 aliphatic carbocycles. The van der Waals surface area contributed by atoms with E-state index in [4.69, 9.17) is 14.0 Å². The van der Waals surface area contributed by atoms with Crippen LogP contribution in [0.4, 0.5) is 10.5 Å². The van der Waals surface area contributed by atoms with Gasteiger partial charge in [0.15, 0.2) is 11.5 Å². The Morgan fingerprint density at radius 3 is 2.37 bits per heavy atom. The Morgan fingerprint density at radius 1 is 1.11 bits per heavy atom. The number of amides is 2. The highest BCUT2D eigenvalue weighted by molar-refractivity contribution is 5.93. The molecule has 0 spiro atoms. The Hall–Kier alpha value is -3.81. The van der Waals surface area contributed by atoms with Crippen LogP contribution >= 0.6 is 0 Å². The zero-order chi connectivity index (χ0) is 25.1. The lowest BCUT2D eigenvalue weighted by molar-refractivity contribution is 0.190. The molecule has 1 aromatic heterocycles. The second-order valence-electron chi connectivity index (χ2n) is 8.59. The summed E-state index contributed by atoms with van der Waals surface area (Å²) in [4.78, 5) is 15.0. The third-order valence-corrected chi connectivity index (χ3v) is 6.12. The molecule has 1 atom stereocenters. The van der Waals surface area contributed by atoms with Crippen LogP contribution in [0.25, 0.3) is 11.1 Å². The predicted octanol–water partition coefficient (Wildman–Crippen LogP) is 5.59. The van der Waals surface area contributed by atoms with Gasteiger partial charge in [-0.15, -0.1) is 0 Å². The van der Waals surface area contributed by atoms with Crippen molar-refractivity contribution in [3.8, 4) is 22.6 Å². The normalized spacial score (nSPS) is 14.9. The number of nitrogens with zero attached hydrogens (tertiary/aromatic N) is 4. The van der Waals surface area contributed by atoms with Crippen LogP contribution < -0.4 is 14.4 Å². The fourth-order valence-corrected chi connectivity index (χ4v) is 4.34. The van der Waals surface area contributed by atoms with Crippen LogP contribution in [0.1, 0.15) is 43.4 Å². The molecule has 1 unspecified atom stereocenters. The highest BCUT2D eigenvalue weighted by atomic mass is 16.5. The summed E-state index contributed by atoms with van der Waals surface area (Å²) in [6.45, 7) is 10.8. The van der Waals surface area contributed by atoms with Gasteiger partial charge in [-0.1, -0.05) is 17.3 Å². The molecule has 1 aliphatic rings. The fourth-order valence-electron chi connectivity index (χ4n) is 4.34. The Kier molecular flexibility index (Phi) is 7.10. The Balaban J connectivity index is 1.55. The number of aryl methyl sites for hydroxylation is 2. The van der Waals surface area contributed by atoms with Crippen molar-refractivity contribution in [2.75, 3.05) is 25.2 Å². The quantitative estimate of drug-likeness (QED) is 0.463. The van der Waals surface area contributed by atoms with Gasteiger partial charge in [-0.3, -0.25) is 4.90 Å². The van der Waals surface area contributed by atoms with Crippen molar-refractivity contribution in [2.24, 2.45) is 5.10 Å². The number of rotatable bonds is 6. The van der Waals surface area contributed by atoms with Crippen molar-refractivity contribution in [1.82, 2.24) is 10.2 Å². The van der Waals surface area contributed by atoms with Crippen molar-refractivity contribution in [1.29, 1.82) is 0 Å². The largest absolute Gasteiger partial charge is 0.490 e. The van der Waals surface area contributed by atoms with Crippen LogP contribution in [-0.4, -0.2) is 48.7 Å². The molecule has 8 nitrogen and oxygen atoms in total. The third kappa shape index (κ3) is 4.87. The standard InChI is InChI=1S/C27H32N4O4/c1-7-33-24-14-21-13-17(3)31(28-16-22(21)15-25(24)34-8-2)27(32)30(6)23-11-9-20(10-12-23)26-18(4)29-35-19(26)5/h9-12,14-17H,7-8,13H2,1-6H3. The highest BCUT2D eigenvalue weighted by Crippen LogP contribution is 2.33. The number of fused-ring (bicyclic) bond motifs is 1. The number of ether oxygens (including phenoxy) is 2. The maximum Gasteiger partial charge on any atom is 0.344 e. The number of anilines is 1. The molecule has 35 heavy (non-hydrogen) atoms. The lowest BCUT2D eigenvalue weighted by Crippen LogP contribution is -2.43. The van der Waals surface area contributed by atoms with E-state index >= 15 is 0 Å². The van der Waals surface area contributed by atoms with Gasteiger partial charge in [0.2, 0.25) is 0 Å². The van der Waals surface area contributed by atoms with Gasteiger partial charge in [0, 0.05) is 23.9 Å². The Labute approximate surface area is 206 Å². The number of carbonyl (C=O) groups excluding carboxylic acids is 1. The van der Waals surface area contributed by atoms with Crippen molar-refractivity contribution < 1.29 is 18.8 Å². The van der Waals surface area contributed by atoms with Gasteiger partial charge in [-0.05, 0) is 76.4 Å². The predicted molar refractivity (Wildman–Crippen MR) is 137 cm³/mol. The second kappa shape index (κ2) is 10.2. The average molecular weight is 477 g/mol. The molecule has 2 heterocycles. The average Bonchev–Trinajstić information content (AvgIpc) is 3.09. The summed E-state index contributed by atoms with van der Waals surface area (Å²) >= 11 is 0. The first-order valence-corrected chi connectivity index (χ1v) is 11.9. The van der Waals surface area contributed by atoms with E-state index in [0.717, 1.165) is 39.4 Å². The molecule has 0 saturated carbocycles. The minimum Gasteiger partial charge on any atom is -0.490 e. The van der Waals surface area contributed by atoms with Crippen LogP contribution in [0.15, 0.2) is 46.0 Å². The lowest BCUT2D eigenvalue weighted by Gasteiger charge is -2.28. The summed E-state index contributed by atoms with van der Waals surface area (Å²) in [5.41, 5.74) is 5.57. The molecule has 1 aliphatic heterocycles. The van der Waals surface area contributed by atoms with E-state index in [9.17, 15) is 4.79 Å². The number of carbonyl (C=O) groups is 1. The number of hydrogen-bond acceptors (Lipinski definition) is 6. The van der Waals surface area contributed by atoms with Crippen molar-refractivity contribution in [3.05, 3.63) is 59.0 Å². The summed E-state index contributed by atoms with van der Waals surface area (Å²) in [6, 6.07) is 11.4. The number of aromatic nitrogens is 1. The van der Waals surface area contributed by atoms with Gasteiger partial charge in [0.05, 0.1) is 31.2 Å². The van der Waals surface area contributed by atoms with Gasteiger partial charge >= 0.3 is 6.03 Å². The van der Waals surface area contributed by atoms with Crippen LogP contribution in [0.3, 0.4) is 0 Å². The van der Waals surface area contributed by atoms with Gasteiger partial charge in [0.1, 0.15) is 5.76 Å². The minimum atomic E-state index is -0.207. The van der Waals surface area contributed by atoms with Gasteiger partial charge in [-0.2, -0.15) is 5.10 Å². The maximum atomic E-state index is 13.4. The minimum absolute atomic E-state index is 0.142. The van der Waals surface area contributed by atoms with Crippen molar-refractivity contribution in [3.63, 3.8) is 0 Å². The monoisotopic (exact) mass is 476 g/mol. The molecule has 8 heteroatoms. The number of urea groups is 1. The van der Waals surface area contributed by atoms with E-state index in [0.29, 0.717) is 31.1 Å². The summed E-state index contributed by atoms with van der Waals surface area (Å²) in [7, 11) is 1.76. The molecular formula is C27H32N4O4. The van der Waals surface area contributed by atoms with Crippen LogP contribution in [-0.2, 0) is 6.42 Å². The molecule has 3 aromatic rings.